The number of halogens is 2. The van der Waals surface area contributed by atoms with E-state index in [2.05, 4.69) is 36.3 Å². The van der Waals surface area contributed by atoms with Crippen LogP contribution in [0, 0.1) is 11.6 Å². The van der Waals surface area contributed by atoms with Crippen LogP contribution in [0.3, 0.4) is 0 Å². The van der Waals surface area contributed by atoms with E-state index in [-0.39, 0.29) is 29.8 Å². The number of amides is 3. The molecular formula is C19H16F2N8O2. The van der Waals surface area contributed by atoms with Gasteiger partial charge in [-0.1, -0.05) is 0 Å². The predicted octanol–water partition coefficient (Wildman–Crippen LogP) is 1.77. The first kappa shape index (κ1) is 18.9. The molecule has 3 amide bonds. The van der Waals surface area contributed by atoms with Gasteiger partial charge in [-0.15, -0.1) is 0 Å². The molecular weight excluding hydrogens is 410 g/mol. The van der Waals surface area contributed by atoms with Crippen LogP contribution in [0.1, 0.15) is 24.0 Å². The quantitative estimate of drug-likeness (QED) is 0.350. The molecule has 0 radical (unpaired) electrons. The molecule has 31 heavy (non-hydrogen) atoms. The Labute approximate surface area is 173 Å². The summed E-state index contributed by atoms with van der Waals surface area (Å²) in [5.41, 5.74) is 1.02. The maximum Gasteiger partial charge on any atom is 0.326 e. The topological polar surface area (TPSA) is 125 Å². The average molecular weight is 426 g/mol. The van der Waals surface area contributed by atoms with Crippen molar-refractivity contribution in [3.8, 4) is 0 Å². The molecule has 0 atom stereocenters. The van der Waals surface area contributed by atoms with E-state index in [1.165, 1.54) is 16.8 Å². The van der Waals surface area contributed by atoms with E-state index in [1.54, 1.807) is 0 Å². The Hall–Kier alpha value is -4.09. The maximum atomic E-state index is 13.9. The number of urea groups is 1. The predicted molar refractivity (Wildman–Crippen MR) is 106 cm³/mol. The highest BCUT2D eigenvalue weighted by atomic mass is 19.1. The minimum Gasteiger partial charge on any atom is -0.351 e. The molecule has 2 aromatic heterocycles. The van der Waals surface area contributed by atoms with Crippen LogP contribution in [-0.2, 0) is 11.3 Å². The standard InChI is InChI=1S/C19H16F2N8O2/c20-11-1-4-13(21)9(5-11)7-22-17-26-15-10(6-14-16(30)27-19(31)25-14)8-23-29(15)18(28-17)24-12-2-3-12/h1,4-6,8,12H,2-3,7H2,(H2,22,24,26,28)(H2,25,27,30,31)/b14-6-. The van der Waals surface area contributed by atoms with Crippen LogP contribution in [0.2, 0.25) is 0 Å². The first-order valence-electron chi connectivity index (χ1n) is 9.50. The Bertz CT molecular complexity index is 1250. The second-order valence-electron chi connectivity index (χ2n) is 7.18. The summed E-state index contributed by atoms with van der Waals surface area (Å²) in [6.07, 6.45) is 4.93. The van der Waals surface area contributed by atoms with Gasteiger partial charge in [-0.25, -0.2) is 13.6 Å². The van der Waals surface area contributed by atoms with Crippen molar-refractivity contribution in [2.24, 2.45) is 0 Å². The third-order valence-corrected chi connectivity index (χ3v) is 4.77. The SMILES string of the molecule is O=C1NC(=O)/C(=C/c2cnn3c(NC4CC4)nc(NCc4cc(F)ccc4F)nc23)N1. The number of benzene rings is 1. The molecule has 3 aromatic rings. The number of nitrogens with one attached hydrogen (secondary N) is 4. The molecule has 0 unspecified atom stereocenters. The first-order chi connectivity index (χ1) is 15.0. The number of carbonyl (C=O) groups excluding carboxylic acids is 2. The van der Waals surface area contributed by atoms with Gasteiger partial charge in [-0.3, -0.25) is 10.1 Å². The highest BCUT2D eigenvalue weighted by molar-refractivity contribution is 6.14. The molecule has 5 rings (SSSR count). The molecule has 1 saturated carbocycles. The molecule has 12 heteroatoms. The van der Waals surface area contributed by atoms with E-state index >= 15 is 0 Å². The lowest BCUT2D eigenvalue weighted by Gasteiger charge is -2.11. The van der Waals surface area contributed by atoms with Crippen molar-refractivity contribution in [3.05, 3.63) is 52.9 Å². The van der Waals surface area contributed by atoms with Crippen LogP contribution in [0.25, 0.3) is 11.7 Å². The highest BCUT2D eigenvalue weighted by Crippen LogP contribution is 2.26. The van der Waals surface area contributed by atoms with Gasteiger partial charge in [0.15, 0.2) is 5.65 Å². The summed E-state index contributed by atoms with van der Waals surface area (Å²) in [6.45, 7) is -0.0361. The monoisotopic (exact) mass is 426 g/mol. The molecule has 1 aromatic carbocycles. The summed E-state index contributed by atoms with van der Waals surface area (Å²) in [4.78, 5) is 32.0. The summed E-state index contributed by atoms with van der Waals surface area (Å²) >= 11 is 0. The van der Waals surface area contributed by atoms with Gasteiger partial charge in [-0.2, -0.15) is 19.6 Å². The highest BCUT2D eigenvalue weighted by Gasteiger charge is 2.26. The Balaban J connectivity index is 1.50. The van der Waals surface area contributed by atoms with E-state index in [1.807, 2.05) is 0 Å². The van der Waals surface area contributed by atoms with Crippen LogP contribution in [0.15, 0.2) is 30.1 Å². The summed E-state index contributed by atoms with van der Waals surface area (Å²) in [5.74, 6) is -1.08. The number of anilines is 2. The Morgan fingerprint density at radius 2 is 2.03 bits per heavy atom. The van der Waals surface area contributed by atoms with Crippen LogP contribution in [0.4, 0.5) is 25.5 Å². The number of imide groups is 1. The van der Waals surface area contributed by atoms with Gasteiger partial charge in [-0.05, 0) is 37.1 Å². The van der Waals surface area contributed by atoms with Gasteiger partial charge in [0.05, 0.1) is 6.20 Å². The third-order valence-electron chi connectivity index (χ3n) is 4.77. The minimum atomic E-state index is -0.613. The number of hydrogen-bond acceptors (Lipinski definition) is 7. The second kappa shape index (κ2) is 7.31. The molecule has 3 heterocycles. The Morgan fingerprint density at radius 1 is 1.19 bits per heavy atom. The summed E-state index contributed by atoms with van der Waals surface area (Å²) in [7, 11) is 0. The lowest BCUT2D eigenvalue weighted by molar-refractivity contribution is -0.115. The Kier molecular flexibility index (Phi) is 4.46. The van der Waals surface area contributed by atoms with Gasteiger partial charge in [0, 0.05) is 23.7 Å². The molecule has 158 valence electrons. The molecule has 0 spiro atoms. The summed E-state index contributed by atoms with van der Waals surface area (Å²) in [6, 6.07) is 2.84. The van der Waals surface area contributed by atoms with Crippen molar-refractivity contribution in [1.82, 2.24) is 30.2 Å². The molecule has 1 saturated heterocycles. The van der Waals surface area contributed by atoms with E-state index < -0.39 is 23.6 Å². The normalized spacial score (nSPS) is 17.2. The number of nitrogens with zero attached hydrogens (tertiary/aromatic N) is 4. The van der Waals surface area contributed by atoms with Gasteiger partial charge in [0.25, 0.3) is 5.91 Å². The maximum absolute atomic E-state index is 13.9. The fourth-order valence-electron chi connectivity index (χ4n) is 3.07. The van der Waals surface area contributed by atoms with Gasteiger partial charge < -0.3 is 16.0 Å². The van der Waals surface area contributed by atoms with Gasteiger partial charge in [0.2, 0.25) is 11.9 Å². The van der Waals surface area contributed by atoms with Crippen LogP contribution >= 0.6 is 0 Å². The molecule has 2 fully saturated rings. The smallest absolute Gasteiger partial charge is 0.326 e. The van der Waals surface area contributed by atoms with Gasteiger partial charge in [0.1, 0.15) is 17.3 Å². The molecule has 0 bridgehead atoms. The molecule has 2 aliphatic rings. The van der Waals surface area contributed by atoms with Crippen molar-refractivity contribution in [2.45, 2.75) is 25.4 Å². The molecule has 10 nitrogen and oxygen atoms in total. The van der Waals surface area contributed by atoms with E-state index in [0.29, 0.717) is 17.2 Å². The number of aromatic nitrogens is 4. The van der Waals surface area contributed by atoms with Crippen LogP contribution in [0.5, 0.6) is 0 Å². The fraction of sp³-hybridized carbons (Fsp3) is 0.211. The van der Waals surface area contributed by atoms with E-state index in [9.17, 15) is 18.4 Å². The Morgan fingerprint density at radius 3 is 2.77 bits per heavy atom. The zero-order valence-corrected chi connectivity index (χ0v) is 15.9. The molecule has 1 aliphatic heterocycles. The van der Waals surface area contributed by atoms with Crippen molar-refractivity contribution < 1.29 is 18.4 Å². The van der Waals surface area contributed by atoms with Crippen molar-refractivity contribution in [1.29, 1.82) is 0 Å². The number of fused-ring (bicyclic) bond motifs is 1. The zero-order valence-electron chi connectivity index (χ0n) is 15.9. The van der Waals surface area contributed by atoms with Crippen LogP contribution < -0.4 is 21.3 Å². The lowest BCUT2D eigenvalue weighted by Crippen LogP contribution is -2.22. The number of carbonyl (C=O) groups is 2. The zero-order chi connectivity index (χ0) is 21.5. The third kappa shape index (κ3) is 3.86. The van der Waals surface area contributed by atoms with E-state index in [4.69, 9.17) is 0 Å². The molecule has 4 N–H and O–H groups in total. The van der Waals surface area contributed by atoms with E-state index in [0.717, 1.165) is 31.0 Å². The van der Waals surface area contributed by atoms with Gasteiger partial charge >= 0.3 is 6.03 Å². The van der Waals surface area contributed by atoms with Crippen LogP contribution in [-0.4, -0.2) is 37.6 Å². The number of rotatable bonds is 6. The van der Waals surface area contributed by atoms with Crippen molar-refractivity contribution in [2.75, 3.05) is 10.6 Å². The second-order valence-corrected chi connectivity index (χ2v) is 7.18. The largest absolute Gasteiger partial charge is 0.351 e. The first-order valence-corrected chi connectivity index (χ1v) is 9.50. The van der Waals surface area contributed by atoms with Crippen molar-refractivity contribution >= 4 is 35.6 Å². The average Bonchev–Trinajstić information content (AvgIpc) is 3.37. The van der Waals surface area contributed by atoms with Crippen molar-refractivity contribution in [3.63, 3.8) is 0 Å². The lowest BCUT2D eigenvalue weighted by atomic mass is 10.2. The fourth-order valence-corrected chi connectivity index (χ4v) is 3.07. The number of hydrogen-bond donors (Lipinski definition) is 4. The summed E-state index contributed by atoms with van der Waals surface area (Å²) in [5, 5.41) is 15.0. The minimum absolute atomic E-state index is 0.0361. The summed E-state index contributed by atoms with van der Waals surface area (Å²) < 4.78 is 28.9. The molecule has 1 aliphatic carbocycles.